The molecule has 1 aliphatic rings. The minimum absolute atomic E-state index is 0.160. The molecule has 1 N–H and O–H groups in total. The van der Waals surface area contributed by atoms with Crippen LogP contribution in [-0.4, -0.2) is 7.05 Å². The van der Waals surface area contributed by atoms with E-state index in [4.69, 9.17) is 0 Å². The van der Waals surface area contributed by atoms with Crippen molar-refractivity contribution in [2.45, 2.75) is 32.2 Å². The maximum Gasteiger partial charge on any atom is 0.123 e. The zero-order chi connectivity index (χ0) is 10.6. The van der Waals surface area contributed by atoms with Crippen LogP contribution in [0.2, 0.25) is 0 Å². The average molecular weight is 195 g/mol. The number of nitrogens with one attached hydrogen (secondary N) is 1. The van der Waals surface area contributed by atoms with E-state index in [9.17, 15) is 4.39 Å². The Morgan fingerprint density at radius 1 is 1.14 bits per heavy atom. The second-order valence-electron chi connectivity index (χ2n) is 3.34. The number of benzene rings is 1. The van der Waals surface area contributed by atoms with E-state index < -0.39 is 0 Å². The molecule has 1 fully saturated rings. The first-order valence-electron chi connectivity index (χ1n) is 5.22. The molecule has 1 saturated carbocycles. The highest BCUT2D eigenvalue weighted by molar-refractivity contribution is 5.30. The zero-order valence-corrected chi connectivity index (χ0v) is 9.10. The summed E-state index contributed by atoms with van der Waals surface area (Å²) in [6, 6.07) is 6.76. The first-order valence-corrected chi connectivity index (χ1v) is 5.22. The lowest BCUT2D eigenvalue weighted by atomic mass is 10.1. The highest BCUT2D eigenvalue weighted by Crippen LogP contribution is 2.44. The van der Waals surface area contributed by atoms with Crippen molar-refractivity contribution in [1.29, 1.82) is 0 Å². The lowest BCUT2D eigenvalue weighted by Gasteiger charge is -2.13. The van der Waals surface area contributed by atoms with Gasteiger partial charge in [-0.2, -0.15) is 0 Å². The minimum Gasteiger partial charge on any atom is -0.310 e. The number of halogens is 1. The highest BCUT2D eigenvalue weighted by atomic mass is 19.1. The molecular weight excluding hydrogens is 177 g/mol. The predicted molar refractivity (Wildman–Crippen MR) is 57.7 cm³/mol. The summed E-state index contributed by atoms with van der Waals surface area (Å²) in [7, 11) is 1.95. The van der Waals surface area contributed by atoms with Gasteiger partial charge in [0, 0.05) is 5.54 Å². The van der Waals surface area contributed by atoms with E-state index in [0.29, 0.717) is 0 Å². The van der Waals surface area contributed by atoms with E-state index in [1.165, 1.54) is 17.7 Å². The second kappa shape index (κ2) is 4.56. The minimum atomic E-state index is -0.161. The van der Waals surface area contributed by atoms with Gasteiger partial charge in [-0.25, -0.2) is 4.39 Å². The van der Waals surface area contributed by atoms with Crippen LogP contribution >= 0.6 is 0 Å². The molecule has 2 rings (SSSR count). The van der Waals surface area contributed by atoms with Crippen molar-refractivity contribution in [3.63, 3.8) is 0 Å². The van der Waals surface area contributed by atoms with Gasteiger partial charge in [-0.1, -0.05) is 26.0 Å². The van der Waals surface area contributed by atoms with Crippen molar-refractivity contribution in [3.05, 3.63) is 35.6 Å². The second-order valence-corrected chi connectivity index (χ2v) is 3.34. The fourth-order valence-electron chi connectivity index (χ4n) is 1.58. The van der Waals surface area contributed by atoms with Gasteiger partial charge in [0.25, 0.3) is 0 Å². The Balaban J connectivity index is 0.000000461. The normalized spacial score (nSPS) is 16.9. The fourth-order valence-corrected chi connectivity index (χ4v) is 1.58. The Labute approximate surface area is 85.3 Å². The Morgan fingerprint density at radius 2 is 1.64 bits per heavy atom. The molecular formula is C12H18FN. The van der Waals surface area contributed by atoms with E-state index in [1.54, 1.807) is 0 Å². The summed E-state index contributed by atoms with van der Waals surface area (Å²) in [6.07, 6.45) is 2.32. The van der Waals surface area contributed by atoms with E-state index in [-0.39, 0.29) is 11.4 Å². The van der Waals surface area contributed by atoms with Crippen LogP contribution in [0.1, 0.15) is 32.3 Å². The van der Waals surface area contributed by atoms with Crippen molar-refractivity contribution in [2.75, 3.05) is 7.05 Å². The summed E-state index contributed by atoms with van der Waals surface area (Å²) in [6.45, 7) is 4.00. The van der Waals surface area contributed by atoms with Crippen LogP contribution in [0.15, 0.2) is 24.3 Å². The molecule has 14 heavy (non-hydrogen) atoms. The number of rotatable bonds is 2. The number of hydrogen-bond acceptors (Lipinski definition) is 1. The van der Waals surface area contributed by atoms with Crippen molar-refractivity contribution >= 4 is 0 Å². The van der Waals surface area contributed by atoms with Crippen molar-refractivity contribution < 1.29 is 4.39 Å². The average Bonchev–Trinajstić information content (AvgIpc) is 3.03. The molecule has 0 atom stereocenters. The molecule has 1 aromatic rings. The molecule has 0 heterocycles. The molecule has 2 heteroatoms. The standard InChI is InChI=1S/C10H12FN.C2H6/c1-12-10(6-7-10)8-2-4-9(11)5-3-8;1-2/h2-5,12H,6-7H2,1H3;1-2H3. The molecule has 0 aromatic heterocycles. The molecule has 0 saturated heterocycles. The molecule has 0 radical (unpaired) electrons. The Kier molecular flexibility index (Phi) is 3.64. The first kappa shape index (κ1) is 11.2. The molecule has 1 aliphatic carbocycles. The Hall–Kier alpha value is -0.890. The molecule has 78 valence electrons. The maximum absolute atomic E-state index is 12.6. The summed E-state index contributed by atoms with van der Waals surface area (Å²) in [5.74, 6) is -0.161. The third-order valence-electron chi connectivity index (χ3n) is 2.63. The molecule has 0 unspecified atom stereocenters. The van der Waals surface area contributed by atoms with Crippen molar-refractivity contribution in [3.8, 4) is 0 Å². The van der Waals surface area contributed by atoms with Crippen LogP contribution in [-0.2, 0) is 5.54 Å². The maximum atomic E-state index is 12.6. The quantitative estimate of drug-likeness (QED) is 0.764. The smallest absolute Gasteiger partial charge is 0.123 e. The van der Waals surface area contributed by atoms with Gasteiger partial charge in [-0.05, 0) is 37.6 Å². The van der Waals surface area contributed by atoms with Crippen LogP contribution in [0, 0.1) is 5.82 Å². The van der Waals surface area contributed by atoms with E-state index in [0.717, 1.165) is 12.8 Å². The van der Waals surface area contributed by atoms with Gasteiger partial charge in [-0.15, -0.1) is 0 Å². The summed E-state index contributed by atoms with van der Waals surface area (Å²) in [4.78, 5) is 0. The predicted octanol–water partition coefficient (Wildman–Crippen LogP) is 3.06. The van der Waals surface area contributed by atoms with E-state index in [1.807, 2.05) is 33.0 Å². The lowest BCUT2D eigenvalue weighted by molar-refractivity contribution is 0.580. The van der Waals surface area contributed by atoms with Gasteiger partial charge in [-0.3, -0.25) is 0 Å². The van der Waals surface area contributed by atoms with Crippen LogP contribution in [0.3, 0.4) is 0 Å². The monoisotopic (exact) mass is 195 g/mol. The summed E-state index contributed by atoms with van der Waals surface area (Å²) in [5, 5.41) is 3.27. The van der Waals surface area contributed by atoms with Crippen molar-refractivity contribution in [2.24, 2.45) is 0 Å². The van der Waals surface area contributed by atoms with E-state index >= 15 is 0 Å². The van der Waals surface area contributed by atoms with Crippen LogP contribution < -0.4 is 5.32 Å². The van der Waals surface area contributed by atoms with Gasteiger partial charge in [0.1, 0.15) is 5.82 Å². The molecule has 0 spiro atoms. The van der Waals surface area contributed by atoms with Gasteiger partial charge in [0.15, 0.2) is 0 Å². The van der Waals surface area contributed by atoms with Gasteiger partial charge in [0.2, 0.25) is 0 Å². The van der Waals surface area contributed by atoms with E-state index in [2.05, 4.69) is 5.32 Å². The Bertz CT molecular complexity index is 275. The fraction of sp³-hybridized carbons (Fsp3) is 0.500. The van der Waals surface area contributed by atoms with Crippen LogP contribution in [0.5, 0.6) is 0 Å². The third kappa shape index (κ3) is 2.13. The van der Waals surface area contributed by atoms with Crippen LogP contribution in [0.25, 0.3) is 0 Å². The SMILES string of the molecule is CC.CNC1(c2ccc(F)cc2)CC1. The molecule has 0 aliphatic heterocycles. The third-order valence-corrected chi connectivity index (χ3v) is 2.63. The first-order chi connectivity index (χ1) is 6.77. The summed E-state index contributed by atoms with van der Waals surface area (Å²) < 4.78 is 12.6. The topological polar surface area (TPSA) is 12.0 Å². The number of hydrogen-bond donors (Lipinski definition) is 1. The Morgan fingerprint density at radius 3 is 2.00 bits per heavy atom. The summed E-state index contributed by atoms with van der Waals surface area (Å²) in [5.41, 5.74) is 1.36. The molecule has 1 aromatic carbocycles. The lowest BCUT2D eigenvalue weighted by Crippen LogP contribution is -2.24. The highest BCUT2D eigenvalue weighted by Gasteiger charge is 2.42. The van der Waals surface area contributed by atoms with Gasteiger partial charge >= 0.3 is 0 Å². The van der Waals surface area contributed by atoms with Crippen LogP contribution in [0.4, 0.5) is 4.39 Å². The molecule has 0 bridgehead atoms. The summed E-state index contributed by atoms with van der Waals surface area (Å²) >= 11 is 0. The zero-order valence-electron chi connectivity index (χ0n) is 9.10. The van der Waals surface area contributed by atoms with Gasteiger partial charge < -0.3 is 5.32 Å². The molecule has 1 nitrogen and oxygen atoms in total. The van der Waals surface area contributed by atoms with Gasteiger partial charge in [0.05, 0.1) is 0 Å². The van der Waals surface area contributed by atoms with Crippen molar-refractivity contribution in [1.82, 2.24) is 5.32 Å². The molecule has 0 amide bonds. The largest absolute Gasteiger partial charge is 0.310 e.